The first-order valence-corrected chi connectivity index (χ1v) is 11.0. The Labute approximate surface area is 208 Å². The number of nitrogens with zero attached hydrogens (tertiary/aromatic N) is 1. The molecule has 0 radical (unpaired) electrons. The molecule has 0 aromatic heterocycles. The first-order chi connectivity index (χ1) is 17.0. The Morgan fingerprint density at radius 2 is 1.75 bits per heavy atom. The van der Waals surface area contributed by atoms with E-state index in [0.717, 1.165) is 17.0 Å². The van der Waals surface area contributed by atoms with Gasteiger partial charge in [-0.25, -0.2) is 0 Å². The Hall–Kier alpha value is -3.98. The van der Waals surface area contributed by atoms with Gasteiger partial charge in [-0.05, 0) is 53.6 Å². The van der Waals surface area contributed by atoms with Crippen molar-refractivity contribution in [3.63, 3.8) is 0 Å². The standard InChI is InChI=1S/C26H19ClF3NO5/c1-36-20-10-7-16(12-19(20)27)23(33)21-22(15-5-8-18(32)9-6-15)31(25(35)24(21)34)13-14-3-2-4-17(11-14)26(28,29)30/h2-12,22,32-33H,13H2,1H3/b23-21+. The van der Waals surface area contributed by atoms with Crippen LogP contribution < -0.4 is 4.74 Å². The number of halogens is 4. The summed E-state index contributed by atoms with van der Waals surface area (Å²) in [5, 5.41) is 21.0. The zero-order valence-electron chi connectivity index (χ0n) is 18.7. The number of amides is 1. The molecule has 1 aliphatic heterocycles. The highest BCUT2D eigenvalue weighted by molar-refractivity contribution is 6.46. The minimum Gasteiger partial charge on any atom is -0.508 e. The number of aliphatic hydroxyl groups is 1. The number of methoxy groups -OCH3 is 1. The number of likely N-dealkylation sites (tertiary alicyclic amines) is 1. The summed E-state index contributed by atoms with van der Waals surface area (Å²) >= 11 is 6.16. The molecule has 1 aliphatic rings. The molecule has 0 saturated carbocycles. The van der Waals surface area contributed by atoms with Crippen LogP contribution in [0.5, 0.6) is 11.5 Å². The molecule has 1 unspecified atom stereocenters. The molecule has 1 saturated heterocycles. The number of benzene rings is 3. The van der Waals surface area contributed by atoms with Gasteiger partial charge in [-0.1, -0.05) is 35.9 Å². The summed E-state index contributed by atoms with van der Waals surface area (Å²) < 4.78 is 44.8. The highest BCUT2D eigenvalue weighted by Crippen LogP contribution is 2.41. The van der Waals surface area contributed by atoms with Gasteiger partial charge in [-0.15, -0.1) is 0 Å². The lowest BCUT2D eigenvalue weighted by atomic mass is 9.95. The van der Waals surface area contributed by atoms with E-state index < -0.39 is 35.2 Å². The molecule has 4 rings (SSSR count). The summed E-state index contributed by atoms with van der Waals surface area (Å²) in [5.74, 6) is -2.26. The van der Waals surface area contributed by atoms with E-state index in [0.29, 0.717) is 11.3 Å². The number of aliphatic hydroxyl groups excluding tert-OH is 1. The van der Waals surface area contributed by atoms with E-state index in [4.69, 9.17) is 16.3 Å². The molecule has 36 heavy (non-hydrogen) atoms. The Kier molecular flexibility index (Phi) is 6.69. The van der Waals surface area contributed by atoms with Crippen LogP contribution in [0.2, 0.25) is 5.02 Å². The number of ketones is 1. The first kappa shape index (κ1) is 25.1. The van der Waals surface area contributed by atoms with E-state index in [-0.39, 0.29) is 34.0 Å². The van der Waals surface area contributed by atoms with Crippen LogP contribution in [0, 0.1) is 0 Å². The zero-order valence-corrected chi connectivity index (χ0v) is 19.5. The third-order valence-electron chi connectivity index (χ3n) is 5.78. The van der Waals surface area contributed by atoms with Crippen LogP contribution in [0.1, 0.15) is 28.3 Å². The first-order valence-electron chi connectivity index (χ1n) is 10.6. The predicted molar refractivity (Wildman–Crippen MR) is 125 cm³/mol. The van der Waals surface area contributed by atoms with Gasteiger partial charge in [0.25, 0.3) is 11.7 Å². The number of phenolic OH excluding ortho intramolecular Hbond substituents is 1. The molecule has 1 fully saturated rings. The Morgan fingerprint density at radius 3 is 2.36 bits per heavy atom. The Balaban J connectivity index is 1.84. The van der Waals surface area contributed by atoms with E-state index in [1.54, 1.807) is 0 Å². The quantitative estimate of drug-likeness (QED) is 0.258. The minimum absolute atomic E-state index is 0.0736. The molecular formula is C26H19ClF3NO5. The maximum atomic E-state index is 13.2. The molecule has 3 aromatic rings. The number of carbonyl (C=O) groups is 2. The van der Waals surface area contributed by atoms with E-state index in [1.165, 1.54) is 61.7 Å². The number of phenols is 1. The number of aromatic hydroxyl groups is 1. The van der Waals surface area contributed by atoms with Crippen molar-refractivity contribution in [2.45, 2.75) is 18.8 Å². The third kappa shape index (κ3) is 4.74. The minimum atomic E-state index is -4.59. The maximum absolute atomic E-state index is 13.2. The van der Waals surface area contributed by atoms with Gasteiger partial charge >= 0.3 is 6.18 Å². The highest BCUT2D eigenvalue weighted by atomic mass is 35.5. The average Bonchev–Trinajstić information content (AvgIpc) is 3.08. The number of rotatable bonds is 5. The van der Waals surface area contributed by atoms with Crippen LogP contribution in [0.4, 0.5) is 13.2 Å². The summed E-state index contributed by atoms with van der Waals surface area (Å²) in [7, 11) is 1.41. The highest BCUT2D eigenvalue weighted by Gasteiger charge is 2.46. The van der Waals surface area contributed by atoms with Crippen LogP contribution in [0.3, 0.4) is 0 Å². The normalized spacial score (nSPS) is 17.5. The van der Waals surface area contributed by atoms with E-state index >= 15 is 0 Å². The van der Waals surface area contributed by atoms with Crippen molar-refractivity contribution >= 4 is 29.1 Å². The largest absolute Gasteiger partial charge is 0.508 e. The predicted octanol–water partition coefficient (Wildman–Crippen LogP) is 5.69. The van der Waals surface area contributed by atoms with Gasteiger partial charge in [0.1, 0.15) is 17.3 Å². The SMILES string of the molecule is COc1ccc(/C(O)=C2\C(=O)C(=O)N(Cc3cccc(C(F)(F)F)c3)C2c2ccc(O)cc2)cc1Cl. The second kappa shape index (κ2) is 9.58. The third-order valence-corrected chi connectivity index (χ3v) is 6.08. The molecule has 0 aliphatic carbocycles. The summed E-state index contributed by atoms with van der Waals surface area (Å²) in [6.45, 7) is -0.333. The van der Waals surface area contributed by atoms with Gasteiger partial charge in [-0.3, -0.25) is 9.59 Å². The molecule has 3 aromatic carbocycles. The molecule has 0 spiro atoms. The number of hydrogen-bond donors (Lipinski definition) is 2. The summed E-state index contributed by atoms with van der Waals surface area (Å²) in [5.41, 5.74) is -0.519. The zero-order chi connectivity index (χ0) is 26.2. The number of hydrogen-bond acceptors (Lipinski definition) is 5. The molecule has 186 valence electrons. The van der Waals surface area contributed by atoms with Crippen molar-refractivity contribution in [3.8, 4) is 11.5 Å². The van der Waals surface area contributed by atoms with Crippen molar-refractivity contribution in [3.05, 3.63) is 99.6 Å². The van der Waals surface area contributed by atoms with Gasteiger partial charge < -0.3 is 19.8 Å². The fourth-order valence-corrected chi connectivity index (χ4v) is 4.32. The van der Waals surface area contributed by atoms with E-state index in [1.807, 2.05) is 0 Å². The van der Waals surface area contributed by atoms with Crippen molar-refractivity contribution < 1.29 is 37.7 Å². The van der Waals surface area contributed by atoms with Crippen LogP contribution in [0.15, 0.2) is 72.3 Å². The lowest BCUT2D eigenvalue weighted by molar-refractivity contribution is -0.140. The molecule has 10 heteroatoms. The van der Waals surface area contributed by atoms with Crippen LogP contribution in [-0.4, -0.2) is 33.9 Å². The van der Waals surface area contributed by atoms with Crippen molar-refractivity contribution in [2.24, 2.45) is 0 Å². The van der Waals surface area contributed by atoms with E-state index in [9.17, 15) is 33.0 Å². The van der Waals surface area contributed by atoms with Gasteiger partial charge in [0, 0.05) is 12.1 Å². The summed E-state index contributed by atoms with van der Waals surface area (Å²) in [6, 6.07) is 13.2. The number of ether oxygens (including phenoxy) is 1. The topological polar surface area (TPSA) is 87.1 Å². The molecule has 1 amide bonds. The molecular weight excluding hydrogens is 499 g/mol. The second-order valence-electron chi connectivity index (χ2n) is 8.07. The van der Waals surface area contributed by atoms with Gasteiger partial charge in [-0.2, -0.15) is 13.2 Å². The monoisotopic (exact) mass is 517 g/mol. The van der Waals surface area contributed by atoms with Crippen molar-refractivity contribution in [2.75, 3.05) is 7.11 Å². The molecule has 1 heterocycles. The summed E-state index contributed by atoms with van der Waals surface area (Å²) in [4.78, 5) is 27.3. The van der Waals surface area contributed by atoms with E-state index in [2.05, 4.69) is 0 Å². The molecule has 6 nitrogen and oxygen atoms in total. The Bertz CT molecular complexity index is 1370. The Morgan fingerprint density at radius 1 is 1.06 bits per heavy atom. The fourth-order valence-electron chi connectivity index (χ4n) is 4.06. The van der Waals surface area contributed by atoms with Crippen LogP contribution in [0.25, 0.3) is 5.76 Å². The molecule has 0 bridgehead atoms. The summed E-state index contributed by atoms with van der Waals surface area (Å²) in [6.07, 6.45) is -4.59. The van der Waals surface area contributed by atoms with Crippen LogP contribution >= 0.6 is 11.6 Å². The smallest absolute Gasteiger partial charge is 0.416 e. The number of Topliss-reactive ketones (excluding diaryl/α,β-unsaturated/α-hetero) is 1. The lowest BCUT2D eigenvalue weighted by Crippen LogP contribution is -2.29. The van der Waals surface area contributed by atoms with Crippen LogP contribution in [-0.2, 0) is 22.3 Å². The van der Waals surface area contributed by atoms with Crippen molar-refractivity contribution in [1.82, 2.24) is 4.90 Å². The fraction of sp³-hybridized carbons (Fsp3) is 0.154. The molecule has 1 atom stereocenters. The number of alkyl halides is 3. The maximum Gasteiger partial charge on any atom is 0.416 e. The van der Waals surface area contributed by atoms with Gasteiger partial charge in [0.15, 0.2) is 0 Å². The molecule has 2 N–H and O–H groups in total. The second-order valence-corrected chi connectivity index (χ2v) is 8.47. The average molecular weight is 518 g/mol. The number of carbonyl (C=O) groups excluding carboxylic acids is 2. The lowest BCUT2D eigenvalue weighted by Gasteiger charge is -2.26. The van der Waals surface area contributed by atoms with Gasteiger partial charge in [0.2, 0.25) is 0 Å². The van der Waals surface area contributed by atoms with Crippen molar-refractivity contribution in [1.29, 1.82) is 0 Å². The van der Waals surface area contributed by atoms with Gasteiger partial charge in [0.05, 0.1) is 29.3 Å².